The van der Waals surface area contributed by atoms with Gasteiger partial charge in [0, 0.05) is 19.0 Å². The van der Waals surface area contributed by atoms with E-state index in [1.807, 2.05) is 31.2 Å². The van der Waals surface area contributed by atoms with Crippen LogP contribution in [0.4, 0.5) is 0 Å². The van der Waals surface area contributed by atoms with Gasteiger partial charge < -0.3 is 20.5 Å². The van der Waals surface area contributed by atoms with Crippen LogP contribution in [-0.4, -0.2) is 43.4 Å². The van der Waals surface area contributed by atoms with Gasteiger partial charge in [0.25, 0.3) is 0 Å². The summed E-state index contributed by atoms with van der Waals surface area (Å²) in [5, 5.41) is 16.4. The smallest absolute Gasteiger partial charge is 0.191 e. The van der Waals surface area contributed by atoms with Crippen LogP contribution in [0.2, 0.25) is 0 Å². The van der Waals surface area contributed by atoms with E-state index in [0.717, 1.165) is 37.5 Å². The fraction of sp³-hybridized carbons (Fsp3) is 0.611. The van der Waals surface area contributed by atoms with Crippen molar-refractivity contribution in [1.82, 2.24) is 10.6 Å². The van der Waals surface area contributed by atoms with Crippen LogP contribution < -0.4 is 15.4 Å². The van der Waals surface area contributed by atoms with Gasteiger partial charge in [0.2, 0.25) is 0 Å². The van der Waals surface area contributed by atoms with Crippen LogP contribution in [0.25, 0.3) is 0 Å². The summed E-state index contributed by atoms with van der Waals surface area (Å²) in [4.78, 5) is 4.58. The number of benzene rings is 1. The summed E-state index contributed by atoms with van der Waals surface area (Å²) in [5.41, 5.74) is 1.23. The number of aliphatic hydroxyl groups excluding tert-OH is 1. The Morgan fingerprint density at radius 1 is 1.25 bits per heavy atom. The molecule has 1 aliphatic rings. The minimum absolute atomic E-state index is 0. The topological polar surface area (TPSA) is 65.9 Å². The van der Waals surface area contributed by atoms with Crippen molar-refractivity contribution in [3.63, 3.8) is 0 Å². The summed E-state index contributed by atoms with van der Waals surface area (Å²) >= 11 is 0. The highest BCUT2D eigenvalue weighted by atomic mass is 127. The Kier molecular flexibility index (Phi) is 10.1. The number of aliphatic hydroxyl groups is 1. The van der Waals surface area contributed by atoms with E-state index in [9.17, 15) is 5.11 Å². The van der Waals surface area contributed by atoms with E-state index in [0.29, 0.717) is 25.6 Å². The standard InChI is InChI=1S/C18H29N3O2.HI/c1-3-19-18(21-13-15-5-4-6-17(15)22)20-11-12-23-16-9-7-14(2)8-10-16;/h7-10,15,17,22H,3-6,11-13H2,1-2H3,(H2,19,20,21);1H. The minimum Gasteiger partial charge on any atom is -0.492 e. The molecule has 0 saturated heterocycles. The molecule has 0 aliphatic heterocycles. The lowest BCUT2D eigenvalue weighted by molar-refractivity contribution is 0.136. The first-order chi connectivity index (χ1) is 11.2. The van der Waals surface area contributed by atoms with Crippen molar-refractivity contribution < 1.29 is 9.84 Å². The molecule has 5 nitrogen and oxygen atoms in total. The molecule has 0 aromatic heterocycles. The van der Waals surface area contributed by atoms with Crippen LogP contribution in [0.3, 0.4) is 0 Å². The number of guanidine groups is 1. The highest BCUT2D eigenvalue weighted by Gasteiger charge is 2.24. The third-order valence-corrected chi connectivity index (χ3v) is 4.13. The molecule has 0 bridgehead atoms. The van der Waals surface area contributed by atoms with Crippen molar-refractivity contribution in [2.24, 2.45) is 10.9 Å². The van der Waals surface area contributed by atoms with E-state index in [-0.39, 0.29) is 30.1 Å². The molecule has 2 unspecified atom stereocenters. The van der Waals surface area contributed by atoms with Crippen molar-refractivity contribution in [2.75, 3.05) is 26.2 Å². The third-order valence-electron chi connectivity index (χ3n) is 4.13. The van der Waals surface area contributed by atoms with Crippen molar-refractivity contribution in [3.05, 3.63) is 29.8 Å². The molecule has 6 heteroatoms. The Hall–Kier alpha value is -1.02. The van der Waals surface area contributed by atoms with Crippen molar-refractivity contribution >= 4 is 29.9 Å². The number of hydrogen-bond donors (Lipinski definition) is 3. The van der Waals surface area contributed by atoms with Crippen molar-refractivity contribution in [3.8, 4) is 5.75 Å². The quantitative estimate of drug-likeness (QED) is 0.260. The van der Waals surface area contributed by atoms with Crippen LogP contribution in [0, 0.1) is 12.8 Å². The maximum Gasteiger partial charge on any atom is 0.191 e. The van der Waals surface area contributed by atoms with Crippen LogP contribution in [0.1, 0.15) is 31.7 Å². The molecule has 0 radical (unpaired) electrons. The van der Waals surface area contributed by atoms with E-state index in [4.69, 9.17) is 4.74 Å². The van der Waals surface area contributed by atoms with Crippen LogP contribution in [-0.2, 0) is 0 Å². The summed E-state index contributed by atoms with van der Waals surface area (Å²) in [5.74, 6) is 1.97. The predicted molar refractivity (Wildman–Crippen MR) is 109 cm³/mol. The zero-order valence-corrected chi connectivity index (χ0v) is 17.0. The van der Waals surface area contributed by atoms with Crippen molar-refractivity contribution in [2.45, 2.75) is 39.2 Å². The van der Waals surface area contributed by atoms with Gasteiger partial charge in [-0.15, -0.1) is 24.0 Å². The summed E-state index contributed by atoms with van der Waals surface area (Å²) in [6.45, 7) is 6.87. The second-order valence-corrected chi connectivity index (χ2v) is 6.07. The fourth-order valence-electron chi connectivity index (χ4n) is 2.75. The highest BCUT2D eigenvalue weighted by Crippen LogP contribution is 2.25. The number of nitrogens with one attached hydrogen (secondary N) is 2. The second kappa shape index (κ2) is 11.5. The molecule has 1 aliphatic carbocycles. The first kappa shape index (κ1) is 21.0. The number of aliphatic imine (C=N–C) groups is 1. The maximum atomic E-state index is 9.86. The molecule has 1 aromatic rings. The Morgan fingerprint density at radius 2 is 2.00 bits per heavy atom. The monoisotopic (exact) mass is 447 g/mol. The second-order valence-electron chi connectivity index (χ2n) is 6.07. The zero-order chi connectivity index (χ0) is 16.5. The largest absolute Gasteiger partial charge is 0.492 e. The van der Waals surface area contributed by atoms with Crippen LogP contribution in [0.15, 0.2) is 29.3 Å². The first-order valence-electron chi connectivity index (χ1n) is 8.58. The van der Waals surface area contributed by atoms with E-state index in [1.54, 1.807) is 0 Å². The van der Waals surface area contributed by atoms with E-state index in [2.05, 4.69) is 22.5 Å². The minimum atomic E-state index is -0.188. The number of nitrogens with zero attached hydrogens (tertiary/aromatic N) is 1. The molecule has 2 rings (SSSR count). The van der Waals surface area contributed by atoms with E-state index in [1.165, 1.54) is 5.56 Å². The lowest BCUT2D eigenvalue weighted by Crippen LogP contribution is -2.39. The van der Waals surface area contributed by atoms with Gasteiger partial charge in [0.05, 0.1) is 12.6 Å². The summed E-state index contributed by atoms with van der Waals surface area (Å²) in [6.07, 6.45) is 2.90. The molecule has 1 aromatic carbocycles. The average Bonchev–Trinajstić information content (AvgIpc) is 2.96. The summed E-state index contributed by atoms with van der Waals surface area (Å²) < 4.78 is 5.70. The van der Waals surface area contributed by atoms with Crippen LogP contribution in [0.5, 0.6) is 5.75 Å². The van der Waals surface area contributed by atoms with Gasteiger partial charge in [-0.2, -0.15) is 0 Å². The molecule has 0 heterocycles. The fourth-order valence-corrected chi connectivity index (χ4v) is 2.75. The highest BCUT2D eigenvalue weighted by molar-refractivity contribution is 14.0. The molecule has 136 valence electrons. The maximum absolute atomic E-state index is 9.86. The Balaban J connectivity index is 0.00000288. The van der Waals surface area contributed by atoms with Gasteiger partial charge in [-0.3, -0.25) is 4.99 Å². The van der Waals surface area contributed by atoms with Crippen LogP contribution >= 0.6 is 24.0 Å². The first-order valence-corrected chi connectivity index (χ1v) is 8.58. The molecular weight excluding hydrogens is 417 g/mol. The average molecular weight is 447 g/mol. The normalized spacial score (nSPS) is 20.4. The Morgan fingerprint density at radius 3 is 2.62 bits per heavy atom. The molecule has 1 saturated carbocycles. The van der Waals surface area contributed by atoms with Gasteiger partial charge in [-0.05, 0) is 38.8 Å². The number of aryl methyl sites for hydroxylation is 1. The molecule has 2 atom stereocenters. The molecule has 0 amide bonds. The summed E-state index contributed by atoms with van der Waals surface area (Å²) in [7, 11) is 0. The number of ether oxygens (including phenoxy) is 1. The van der Waals surface area contributed by atoms with Gasteiger partial charge in [-0.25, -0.2) is 0 Å². The molecule has 24 heavy (non-hydrogen) atoms. The van der Waals surface area contributed by atoms with Crippen molar-refractivity contribution in [1.29, 1.82) is 0 Å². The molecular formula is C18H30IN3O2. The number of hydrogen-bond acceptors (Lipinski definition) is 3. The predicted octanol–water partition coefficient (Wildman–Crippen LogP) is 2.71. The SMILES string of the molecule is CCNC(=NCC1CCCC1O)NCCOc1ccc(C)cc1.I. The lowest BCUT2D eigenvalue weighted by Gasteiger charge is -2.15. The molecule has 3 N–H and O–H groups in total. The van der Waals surface area contributed by atoms with Gasteiger partial charge in [-0.1, -0.05) is 24.1 Å². The zero-order valence-electron chi connectivity index (χ0n) is 14.6. The Bertz CT molecular complexity index is 494. The van der Waals surface area contributed by atoms with Gasteiger partial charge in [0.1, 0.15) is 12.4 Å². The molecule has 1 fully saturated rings. The summed E-state index contributed by atoms with van der Waals surface area (Å²) in [6, 6.07) is 8.05. The Labute approximate surface area is 162 Å². The van der Waals surface area contributed by atoms with Gasteiger partial charge in [0.15, 0.2) is 5.96 Å². The van der Waals surface area contributed by atoms with E-state index < -0.39 is 0 Å². The molecule has 0 spiro atoms. The number of rotatable bonds is 7. The third kappa shape index (κ3) is 7.25. The van der Waals surface area contributed by atoms with E-state index >= 15 is 0 Å². The lowest BCUT2D eigenvalue weighted by atomic mass is 10.1. The van der Waals surface area contributed by atoms with Gasteiger partial charge >= 0.3 is 0 Å². The number of halogens is 1.